The van der Waals surface area contributed by atoms with Gasteiger partial charge in [-0.1, -0.05) is 31.3 Å². The van der Waals surface area contributed by atoms with E-state index in [0.717, 1.165) is 12.8 Å². The van der Waals surface area contributed by atoms with Gasteiger partial charge in [0.1, 0.15) is 5.76 Å². The Bertz CT molecular complexity index is 506. The highest BCUT2D eigenvalue weighted by Gasteiger charge is 2.22. The fourth-order valence-electron chi connectivity index (χ4n) is 2.94. The predicted octanol–water partition coefficient (Wildman–Crippen LogP) is 2.74. The van der Waals surface area contributed by atoms with Gasteiger partial charge in [-0.3, -0.25) is 9.59 Å². The van der Waals surface area contributed by atoms with E-state index in [0.29, 0.717) is 30.5 Å². The second kappa shape index (κ2) is 7.96. The number of hydrogen-bond donors (Lipinski definition) is 1. The van der Waals surface area contributed by atoms with Crippen molar-refractivity contribution in [1.82, 2.24) is 10.1 Å². The molecule has 2 rings (SSSR count). The predicted molar refractivity (Wildman–Crippen MR) is 83.3 cm³/mol. The lowest BCUT2D eigenvalue weighted by molar-refractivity contribution is -0.135. The van der Waals surface area contributed by atoms with E-state index >= 15 is 0 Å². The Morgan fingerprint density at radius 2 is 2.09 bits per heavy atom. The first-order valence-corrected chi connectivity index (χ1v) is 8.09. The summed E-state index contributed by atoms with van der Waals surface area (Å²) < 4.78 is 4.92. The van der Waals surface area contributed by atoms with Crippen LogP contribution in [0.15, 0.2) is 10.6 Å². The summed E-state index contributed by atoms with van der Waals surface area (Å²) in [4.78, 5) is 25.9. The molecular weight excluding hydrogens is 282 g/mol. The van der Waals surface area contributed by atoms with Crippen LogP contribution in [0, 0.1) is 12.8 Å². The maximum Gasteiger partial charge on any atom is 0.245 e. The molecule has 0 aromatic carbocycles. The third-order valence-electron chi connectivity index (χ3n) is 4.09. The molecule has 122 valence electrons. The zero-order chi connectivity index (χ0) is 15.9. The molecule has 0 saturated heterocycles. The molecule has 1 fully saturated rings. The average Bonchev–Trinajstić information content (AvgIpc) is 2.91. The molecule has 0 spiro atoms. The molecule has 6 heteroatoms. The zero-order valence-electron chi connectivity index (χ0n) is 13.4. The second-order valence-corrected chi connectivity index (χ2v) is 6.00. The standard InChI is InChI=1S/C16H25N3O3/c1-3-16(21)19(10-13-7-5-4-6-8-13)11-15(20)17-14-9-12(2)22-18-14/h9,13H,3-8,10-11H2,1-2H3,(H,17,18,20). The van der Waals surface area contributed by atoms with Gasteiger partial charge in [0.25, 0.3) is 0 Å². The quantitative estimate of drug-likeness (QED) is 0.877. The molecule has 0 aliphatic heterocycles. The number of anilines is 1. The largest absolute Gasteiger partial charge is 0.360 e. The van der Waals surface area contributed by atoms with E-state index in [9.17, 15) is 9.59 Å². The second-order valence-electron chi connectivity index (χ2n) is 6.00. The SMILES string of the molecule is CCC(=O)N(CC(=O)Nc1cc(C)on1)CC1CCCCC1. The van der Waals surface area contributed by atoms with Gasteiger partial charge in [0.15, 0.2) is 5.82 Å². The van der Waals surface area contributed by atoms with Gasteiger partial charge in [0.05, 0.1) is 6.54 Å². The lowest BCUT2D eigenvalue weighted by Gasteiger charge is -2.29. The monoisotopic (exact) mass is 307 g/mol. The first-order chi connectivity index (χ1) is 10.6. The van der Waals surface area contributed by atoms with E-state index in [1.807, 2.05) is 6.92 Å². The minimum atomic E-state index is -0.231. The number of nitrogens with zero attached hydrogens (tertiary/aromatic N) is 2. The molecule has 22 heavy (non-hydrogen) atoms. The molecule has 1 aromatic rings. The molecule has 0 bridgehead atoms. The average molecular weight is 307 g/mol. The summed E-state index contributed by atoms with van der Waals surface area (Å²) in [6.07, 6.45) is 6.45. The minimum absolute atomic E-state index is 0.0251. The van der Waals surface area contributed by atoms with Crippen LogP contribution in [0.4, 0.5) is 5.82 Å². The molecule has 1 aliphatic carbocycles. The Hall–Kier alpha value is -1.85. The van der Waals surface area contributed by atoms with Gasteiger partial charge in [-0.25, -0.2) is 0 Å². The fraction of sp³-hybridized carbons (Fsp3) is 0.688. The zero-order valence-corrected chi connectivity index (χ0v) is 13.4. The third-order valence-corrected chi connectivity index (χ3v) is 4.09. The molecular formula is C16H25N3O3. The summed E-state index contributed by atoms with van der Waals surface area (Å²) in [5, 5.41) is 6.41. The smallest absolute Gasteiger partial charge is 0.245 e. The van der Waals surface area contributed by atoms with E-state index in [4.69, 9.17) is 4.52 Å². The number of carbonyl (C=O) groups is 2. The Labute approximate surface area is 131 Å². The summed E-state index contributed by atoms with van der Waals surface area (Å²) in [5.74, 6) is 1.34. The Morgan fingerprint density at radius 3 is 2.68 bits per heavy atom. The molecule has 0 atom stereocenters. The van der Waals surface area contributed by atoms with Crippen LogP contribution in [-0.4, -0.2) is 35.0 Å². The number of aromatic nitrogens is 1. The maximum atomic E-state index is 12.1. The molecule has 0 unspecified atom stereocenters. The first-order valence-electron chi connectivity index (χ1n) is 8.09. The highest BCUT2D eigenvalue weighted by atomic mass is 16.5. The van der Waals surface area contributed by atoms with Crippen molar-refractivity contribution < 1.29 is 14.1 Å². The van der Waals surface area contributed by atoms with Crippen molar-refractivity contribution in [3.63, 3.8) is 0 Å². The van der Waals surface area contributed by atoms with Gasteiger partial charge in [-0.05, 0) is 25.7 Å². The summed E-state index contributed by atoms with van der Waals surface area (Å²) in [6.45, 7) is 4.35. The lowest BCUT2D eigenvalue weighted by atomic mass is 9.89. The number of hydrogen-bond acceptors (Lipinski definition) is 4. The van der Waals surface area contributed by atoms with Crippen LogP contribution in [-0.2, 0) is 9.59 Å². The summed E-state index contributed by atoms with van der Waals surface area (Å²) >= 11 is 0. The van der Waals surface area contributed by atoms with E-state index in [2.05, 4.69) is 10.5 Å². The summed E-state index contributed by atoms with van der Waals surface area (Å²) in [7, 11) is 0. The lowest BCUT2D eigenvalue weighted by Crippen LogP contribution is -2.41. The minimum Gasteiger partial charge on any atom is -0.360 e. The van der Waals surface area contributed by atoms with Gasteiger partial charge in [-0.15, -0.1) is 0 Å². The van der Waals surface area contributed by atoms with Crippen LogP contribution in [0.2, 0.25) is 0 Å². The van der Waals surface area contributed by atoms with E-state index in [-0.39, 0.29) is 18.4 Å². The van der Waals surface area contributed by atoms with Gasteiger partial charge >= 0.3 is 0 Å². The van der Waals surface area contributed by atoms with Gasteiger partial charge in [0, 0.05) is 19.0 Å². The van der Waals surface area contributed by atoms with E-state index in [1.165, 1.54) is 19.3 Å². The molecule has 1 heterocycles. The van der Waals surface area contributed by atoms with Crippen molar-refractivity contribution in [3.05, 3.63) is 11.8 Å². The fourth-order valence-corrected chi connectivity index (χ4v) is 2.94. The number of amides is 2. The van der Waals surface area contributed by atoms with Gasteiger partial charge < -0.3 is 14.7 Å². The van der Waals surface area contributed by atoms with E-state index in [1.54, 1.807) is 17.9 Å². The van der Waals surface area contributed by atoms with Crippen LogP contribution >= 0.6 is 0 Å². The Morgan fingerprint density at radius 1 is 1.36 bits per heavy atom. The van der Waals surface area contributed by atoms with Crippen molar-refractivity contribution in [3.8, 4) is 0 Å². The Balaban J connectivity index is 1.90. The normalized spacial score (nSPS) is 15.5. The highest BCUT2D eigenvalue weighted by Crippen LogP contribution is 2.24. The first kappa shape index (κ1) is 16.5. The molecule has 6 nitrogen and oxygen atoms in total. The molecule has 1 N–H and O–H groups in total. The summed E-state index contributed by atoms with van der Waals surface area (Å²) in [5.41, 5.74) is 0. The maximum absolute atomic E-state index is 12.1. The molecule has 1 aliphatic rings. The molecule has 0 radical (unpaired) electrons. The molecule has 2 amide bonds. The van der Waals surface area contributed by atoms with Crippen molar-refractivity contribution in [2.24, 2.45) is 5.92 Å². The molecule has 1 aromatic heterocycles. The van der Waals surface area contributed by atoms with Crippen LogP contribution in [0.1, 0.15) is 51.2 Å². The highest BCUT2D eigenvalue weighted by molar-refractivity contribution is 5.93. The van der Waals surface area contributed by atoms with Crippen LogP contribution in [0.25, 0.3) is 0 Å². The van der Waals surface area contributed by atoms with Crippen molar-refractivity contribution in [2.45, 2.75) is 52.4 Å². The van der Waals surface area contributed by atoms with Crippen LogP contribution < -0.4 is 5.32 Å². The number of rotatable bonds is 6. The van der Waals surface area contributed by atoms with Crippen LogP contribution in [0.3, 0.4) is 0 Å². The number of aryl methyl sites for hydroxylation is 1. The Kier molecular flexibility index (Phi) is 5.98. The number of carbonyl (C=O) groups excluding carboxylic acids is 2. The van der Waals surface area contributed by atoms with Crippen molar-refractivity contribution >= 4 is 17.6 Å². The van der Waals surface area contributed by atoms with Gasteiger partial charge in [-0.2, -0.15) is 0 Å². The summed E-state index contributed by atoms with van der Waals surface area (Å²) in [6, 6.07) is 1.66. The van der Waals surface area contributed by atoms with Crippen molar-refractivity contribution in [1.29, 1.82) is 0 Å². The van der Waals surface area contributed by atoms with Crippen molar-refractivity contribution in [2.75, 3.05) is 18.4 Å². The topological polar surface area (TPSA) is 75.4 Å². The number of nitrogens with one attached hydrogen (secondary N) is 1. The molecule has 1 saturated carbocycles. The van der Waals surface area contributed by atoms with E-state index < -0.39 is 0 Å². The third kappa shape index (κ3) is 4.86. The van der Waals surface area contributed by atoms with Gasteiger partial charge in [0.2, 0.25) is 11.8 Å². The van der Waals surface area contributed by atoms with Crippen LogP contribution in [0.5, 0.6) is 0 Å².